The average molecular weight is 473 g/mol. The van der Waals surface area contributed by atoms with Crippen LogP contribution in [0.4, 0.5) is 10.5 Å². The SMILES string of the molecule is CCOc1cc(C=C2NC(=O)N(Cc3ccc(C(=O)OC)o3)C2=O)cc([N+](=O)[O-])c1OC(C)C. The summed E-state index contributed by atoms with van der Waals surface area (Å²) in [6, 6.07) is 4.81. The lowest BCUT2D eigenvalue weighted by molar-refractivity contribution is -0.386. The van der Waals surface area contributed by atoms with E-state index in [0.717, 1.165) is 4.90 Å². The second-order valence-electron chi connectivity index (χ2n) is 7.36. The number of hydrogen-bond acceptors (Lipinski definition) is 9. The van der Waals surface area contributed by atoms with E-state index in [2.05, 4.69) is 10.1 Å². The van der Waals surface area contributed by atoms with Crippen molar-refractivity contribution in [3.05, 3.63) is 57.2 Å². The first-order valence-corrected chi connectivity index (χ1v) is 10.3. The topological polar surface area (TPSA) is 150 Å². The zero-order valence-corrected chi connectivity index (χ0v) is 18.9. The number of nitrogens with zero attached hydrogens (tertiary/aromatic N) is 2. The Hall–Kier alpha value is -4.35. The molecule has 34 heavy (non-hydrogen) atoms. The van der Waals surface area contributed by atoms with Crippen molar-refractivity contribution in [3.8, 4) is 11.5 Å². The normalized spacial score (nSPS) is 14.5. The van der Waals surface area contributed by atoms with Gasteiger partial charge in [-0.1, -0.05) is 0 Å². The number of nitro benzene ring substituents is 1. The van der Waals surface area contributed by atoms with Gasteiger partial charge in [-0.05, 0) is 50.6 Å². The molecule has 0 aliphatic carbocycles. The van der Waals surface area contributed by atoms with Crippen molar-refractivity contribution in [1.82, 2.24) is 10.2 Å². The summed E-state index contributed by atoms with van der Waals surface area (Å²) < 4.78 is 21.0. The number of urea groups is 1. The Morgan fingerprint density at radius 1 is 1.29 bits per heavy atom. The van der Waals surface area contributed by atoms with E-state index in [-0.39, 0.29) is 59.2 Å². The first kappa shape index (κ1) is 24.3. The van der Waals surface area contributed by atoms with Gasteiger partial charge in [0.25, 0.3) is 5.91 Å². The van der Waals surface area contributed by atoms with Crippen molar-refractivity contribution in [3.63, 3.8) is 0 Å². The summed E-state index contributed by atoms with van der Waals surface area (Å²) >= 11 is 0. The van der Waals surface area contributed by atoms with Gasteiger partial charge in [0.1, 0.15) is 11.5 Å². The van der Waals surface area contributed by atoms with Crippen LogP contribution in [-0.4, -0.2) is 47.6 Å². The van der Waals surface area contributed by atoms with Crippen LogP contribution in [0.15, 0.2) is 34.4 Å². The van der Waals surface area contributed by atoms with Gasteiger partial charge in [0, 0.05) is 6.07 Å². The first-order valence-electron chi connectivity index (χ1n) is 10.3. The molecule has 0 radical (unpaired) electrons. The lowest BCUT2D eigenvalue weighted by atomic mass is 10.1. The van der Waals surface area contributed by atoms with E-state index in [1.165, 1.54) is 37.5 Å². The fourth-order valence-electron chi connectivity index (χ4n) is 3.15. The number of hydrogen-bond donors (Lipinski definition) is 1. The zero-order chi connectivity index (χ0) is 25.0. The summed E-state index contributed by atoms with van der Waals surface area (Å²) in [6.07, 6.45) is 0.962. The predicted octanol–water partition coefficient (Wildman–Crippen LogP) is 3.25. The van der Waals surface area contributed by atoms with Crippen molar-refractivity contribution in [2.24, 2.45) is 0 Å². The van der Waals surface area contributed by atoms with Crippen molar-refractivity contribution >= 4 is 29.7 Å². The van der Waals surface area contributed by atoms with Crippen LogP contribution in [-0.2, 0) is 16.1 Å². The quantitative estimate of drug-likeness (QED) is 0.190. The number of methoxy groups -OCH3 is 1. The molecular weight excluding hydrogens is 450 g/mol. The van der Waals surface area contributed by atoms with Gasteiger partial charge >= 0.3 is 17.7 Å². The second kappa shape index (κ2) is 10.1. The highest BCUT2D eigenvalue weighted by molar-refractivity contribution is 6.13. The molecule has 180 valence electrons. The van der Waals surface area contributed by atoms with E-state index in [1.807, 2.05) is 0 Å². The van der Waals surface area contributed by atoms with E-state index in [0.29, 0.717) is 0 Å². The number of esters is 1. The van der Waals surface area contributed by atoms with Crippen LogP contribution in [0.25, 0.3) is 6.08 Å². The van der Waals surface area contributed by atoms with Gasteiger partial charge in [0.15, 0.2) is 5.75 Å². The lowest BCUT2D eigenvalue weighted by Crippen LogP contribution is -2.30. The molecule has 12 heteroatoms. The second-order valence-corrected chi connectivity index (χ2v) is 7.36. The minimum atomic E-state index is -0.716. The molecule has 0 saturated carbocycles. The molecule has 12 nitrogen and oxygen atoms in total. The minimum Gasteiger partial charge on any atom is -0.490 e. The molecule has 0 unspecified atom stereocenters. The number of benzene rings is 1. The van der Waals surface area contributed by atoms with Crippen LogP contribution in [0.3, 0.4) is 0 Å². The Kier molecular flexibility index (Phi) is 7.19. The average Bonchev–Trinajstić information content (AvgIpc) is 3.35. The number of nitro groups is 1. The smallest absolute Gasteiger partial charge is 0.373 e. The molecule has 3 rings (SSSR count). The van der Waals surface area contributed by atoms with E-state index in [9.17, 15) is 24.5 Å². The highest BCUT2D eigenvalue weighted by Crippen LogP contribution is 2.40. The molecule has 1 aromatic heterocycles. The number of carbonyl (C=O) groups excluding carboxylic acids is 3. The fraction of sp³-hybridized carbons (Fsp3) is 0.318. The van der Waals surface area contributed by atoms with Crippen LogP contribution in [0.5, 0.6) is 11.5 Å². The number of nitrogens with one attached hydrogen (secondary N) is 1. The Balaban J connectivity index is 1.91. The third kappa shape index (κ3) is 5.17. The van der Waals surface area contributed by atoms with Gasteiger partial charge in [-0.3, -0.25) is 19.8 Å². The third-order valence-corrected chi connectivity index (χ3v) is 4.54. The van der Waals surface area contributed by atoms with Gasteiger partial charge in [0.2, 0.25) is 11.5 Å². The monoisotopic (exact) mass is 473 g/mol. The molecule has 0 atom stereocenters. The molecule has 1 aromatic carbocycles. The number of ether oxygens (including phenoxy) is 3. The Labute approximate surface area is 194 Å². The van der Waals surface area contributed by atoms with E-state index in [1.54, 1.807) is 20.8 Å². The number of carbonyl (C=O) groups is 3. The first-order chi connectivity index (χ1) is 16.1. The summed E-state index contributed by atoms with van der Waals surface area (Å²) in [5.74, 6) is -1.14. The number of rotatable bonds is 9. The largest absolute Gasteiger partial charge is 0.490 e. The van der Waals surface area contributed by atoms with Crippen LogP contribution < -0.4 is 14.8 Å². The Morgan fingerprint density at radius 3 is 2.65 bits per heavy atom. The van der Waals surface area contributed by atoms with E-state index >= 15 is 0 Å². The Morgan fingerprint density at radius 2 is 2.03 bits per heavy atom. The van der Waals surface area contributed by atoms with Crippen LogP contribution in [0.2, 0.25) is 0 Å². The Bertz CT molecular complexity index is 1170. The van der Waals surface area contributed by atoms with Gasteiger partial charge in [-0.15, -0.1) is 0 Å². The van der Waals surface area contributed by atoms with Crippen molar-refractivity contribution < 1.29 is 37.9 Å². The molecule has 0 bridgehead atoms. The number of imide groups is 1. The third-order valence-electron chi connectivity index (χ3n) is 4.54. The molecule has 2 heterocycles. The summed E-state index contributed by atoms with van der Waals surface area (Å²) in [7, 11) is 1.20. The molecule has 1 aliphatic rings. The highest BCUT2D eigenvalue weighted by Gasteiger charge is 2.35. The lowest BCUT2D eigenvalue weighted by Gasteiger charge is -2.15. The summed E-state index contributed by atoms with van der Waals surface area (Å²) in [5.41, 5.74) is -0.187. The maximum absolute atomic E-state index is 12.8. The summed E-state index contributed by atoms with van der Waals surface area (Å²) in [6.45, 7) is 5.17. The maximum Gasteiger partial charge on any atom is 0.373 e. The van der Waals surface area contributed by atoms with Gasteiger partial charge < -0.3 is 23.9 Å². The van der Waals surface area contributed by atoms with E-state index < -0.39 is 22.8 Å². The summed E-state index contributed by atoms with van der Waals surface area (Å²) in [4.78, 5) is 48.6. The summed E-state index contributed by atoms with van der Waals surface area (Å²) in [5, 5.41) is 14.1. The molecule has 3 amide bonds. The van der Waals surface area contributed by atoms with Gasteiger partial charge in [0.05, 0.1) is 31.3 Å². The fourth-order valence-corrected chi connectivity index (χ4v) is 3.15. The van der Waals surface area contributed by atoms with E-state index in [4.69, 9.17) is 13.9 Å². The van der Waals surface area contributed by atoms with Crippen molar-refractivity contribution in [2.75, 3.05) is 13.7 Å². The molecular formula is C22H23N3O9. The van der Waals surface area contributed by atoms with Gasteiger partial charge in [-0.25, -0.2) is 9.59 Å². The van der Waals surface area contributed by atoms with Crippen molar-refractivity contribution in [2.45, 2.75) is 33.4 Å². The molecule has 1 fully saturated rings. The number of furan rings is 1. The minimum absolute atomic E-state index is 0.0216. The molecule has 1 saturated heterocycles. The van der Waals surface area contributed by atoms with Gasteiger partial charge in [-0.2, -0.15) is 0 Å². The van der Waals surface area contributed by atoms with Crippen molar-refractivity contribution in [1.29, 1.82) is 0 Å². The standard InChI is InChI=1S/C22H23N3O9/c1-5-32-18-10-13(9-16(25(29)30)19(18)33-12(2)3)8-15-20(26)24(22(28)23-15)11-14-6-7-17(34-14)21(27)31-4/h6-10,12H,5,11H2,1-4H3,(H,23,28). The predicted molar refractivity (Wildman–Crippen MR) is 117 cm³/mol. The van der Waals surface area contributed by atoms with Crippen LogP contribution in [0.1, 0.15) is 42.6 Å². The molecule has 1 N–H and O–H groups in total. The molecule has 1 aliphatic heterocycles. The molecule has 0 spiro atoms. The van der Waals surface area contributed by atoms with Crippen LogP contribution >= 0.6 is 0 Å². The zero-order valence-electron chi connectivity index (χ0n) is 18.9. The number of amides is 3. The van der Waals surface area contributed by atoms with Crippen LogP contribution in [0, 0.1) is 10.1 Å². The maximum atomic E-state index is 12.8. The molecule has 2 aromatic rings. The highest BCUT2D eigenvalue weighted by atomic mass is 16.6.